The Morgan fingerprint density at radius 3 is 2.43 bits per heavy atom. The van der Waals surface area contributed by atoms with Crippen LogP contribution in [0.1, 0.15) is 33.7 Å². The standard InChI is InChI=1S/C19H27N5O3S/c1-6-20-18(26)13(4)21-16(25)11-28-19-23-22-17(24(19)12(2)3)14-7-9-15(27-5)10-8-14/h7-10,12-13H,6,11H2,1-5H3,(H,20,26)(H,21,25)/t13-/m1/s1. The van der Waals surface area contributed by atoms with Crippen LogP contribution in [0.3, 0.4) is 0 Å². The number of carbonyl (C=O) groups excluding carboxylic acids is 2. The van der Waals surface area contributed by atoms with Crippen molar-refractivity contribution in [3.8, 4) is 17.1 Å². The number of ether oxygens (including phenoxy) is 1. The molecule has 1 heterocycles. The van der Waals surface area contributed by atoms with Crippen LogP contribution < -0.4 is 15.4 Å². The minimum absolute atomic E-state index is 0.118. The fraction of sp³-hybridized carbons (Fsp3) is 0.474. The summed E-state index contributed by atoms with van der Waals surface area (Å²) in [6.07, 6.45) is 0. The van der Waals surface area contributed by atoms with Gasteiger partial charge in [-0.25, -0.2) is 0 Å². The van der Waals surface area contributed by atoms with Gasteiger partial charge in [0.05, 0.1) is 12.9 Å². The summed E-state index contributed by atoms with van der Waals surface area (Å²) in [4.78, 5) is 23.9. The van der Waals surface area contributed by atoms with E-state index in [-0.39, 0.29) is 23.6 Å². The highest BCUT2D eigenvalue weighted by molar-refractivity contribution is 7.99. The predicted octanol–water partition coefficient (Wildman–Crippen LogP) is 2.27. The van der Waals surface area contributed by atoms with Gasteiger partial charge in [0, 0.05) is 18.2 Å². The molecule has 0 saturated heterocycles. The van der Waals surface area contributed by atoms with Gasteiger partial charge < -0.3 is 15.4 Å². The van der Waals surface area contributed by atoms with E-state index in [1.807, 2.05) is 49.6 Å². The number of aromatic nitrogens is 3. The van der Waals surface area contributed by atoms with Gasteiger partial charge in [-0.15, -0.1) is 10.2 Å². The van der Waals surface area contributed by atoms with Crippen molar-refractivity contribution in [2.24, 2.45) is 0 Å². The molecular formula is C19H27N5O3S. The average Bonchev–Trinajstić information content (AvgIpc) is 3.11. The smallest absolute Gasteiger partial charge is 0.242 e. The Labute approximate surface area is 169 Å². The first kappa shape index (κ1) is 21.7. The summed E-state index contributed by atoms with van der Waals surface area (Å²) in [5, 5.41) is 14.6. The van der Waals surface area contributed by atoms with Gasteiger partial charge in [0.15, 0.2) is 11.0 Å². The van der Waals surface area contributed by atoms with Crippen molar-refractivity contribution in [3.63, 3.8) is 0 Å². The van der Waals surface area contributed by atoms with Crippen LogP contribution in [0.4, 0.5) is 0 Å². The van der Waals surface area contributed by atoms with Crippen LogP contribution in [-0.4, -0.2) is 52.0 Å². The Bertz CT molecular complexity index is 804. The van der Waals surface area contributed by atoms with Crippen molar-refractivity contribution in [1.29, 1.82) is 0 Å². The second kappa shape index (κ2) is 10.1. The molecule has 2 aromatic rings. The van der Waals surface area contributed by atoms with Gasteiger partial charge in [-0.1, -0.05) is 11.8 Å². The lowest BCUT2D eigenvalue weighted by atomic mass is 10.2. The highest BCUT2D eigenvalue weighted by Gasteiger charge is 2.19. The second-order valence-corrected chi connectivity index (χ2v) is 7.41. The van der Waals surface area contributed by atoms with Gasteiger partial charge in [0.2, 0.25) is 11.8 Å². The zero-order valence-corrected chi connectivity index (χ0v) is 17.7. The van der Waals surface area contributed by atoms with Crippen molar-refractivity contribution >= 4 is 23.6 Å². The highest BCUT2D eigenvalue weighted by Crippen LogP contribution is 2.28. The fourth-order valence-corrected chi connectivity index (χ4v) is 3.46. The fourth-order valence-electron chi connectivity index (χ4n) is 2.58. The Kier molecular flexibility index (Phi) is 7.86. The zero-order chi connectivity index (χ0) is 20.7. The number of hydrogen-bond donors (Lipinski definition) is 2. The van der Waals surface area contributed by atoms with Crippen LogP contribution in [0, 0.1) is 0 Å². The maximum Gasteiger partial charge on any atom is 0.242 e. The summed E-state index contributed by atoms with van der Waals surface area (Å²) >= 11 is 1.29. The molecule has 1 aromatic heterocycles. The van der Waals surface area contributed by atoms with E-state index in [4.69, 9.17) is 4.74 Å². The SMILES string of the molecule is CCNC(=O)[C@@H](C)NC(=O)CSc1nnc(-c2ccc(OC)cc2)n1C(C)C. The van der Waals surface area contributed by atoms with Gasteiger partial charge in [-0.05, 0) is 52.0 Å². The molecule has 1 atom stereocenters. The number of thioether (sulfide) groups is 1. The van der Waals surface area contributed by atoms with E-state index in [0.29, 0.717) is 11.7 Å². The normalized spacial score (nSPS) is 11.9. The van der Waals surface area contributed by atoms with E-state index in [1.54, 1.807) is 14.0 Å². The van der Waals surface area contributed by atoms with Crippen LogP contribution in [0.2, 0.25) is 0 Å². The molecule has 0 aliphatic carbocycles. The first-order valence-electron chi connectivity index (χ1n) is 9.16. The highest BCUT2D eigenvalue weighted by atomic mass is 32.2. The predicted molar refractivity (Wildman–Crippen MR) is 109 cm³/mol. The third-order valence-corrected chi connectivity index (χ3v) is 4.93. The summed E-state index contributed by atoms with van der Waals surface area (Å²) in [5.41, 5.74) is 0.920. The Morgan fingerprint density at radius 2 is 1.86 bits per heavy atom. The quantitative estimate of drug-likeness (QED) is 0.621. The van der Waals surface area contributed by atoms with Crippen LogP contribution in [0.15, 0.2) is 29.4 Å². The number of carbonyl (C=O) groups is 2. The third-order valence-electron chi connectivity index (χ3n) is 3.98. The average molecular weight is 406 g/mol. The van der Waals surface area contributed by atoms with Crippen molar-refractivity contribution in [1.82, 2.24) is 25.4 Å². The zero-order valence-electron chi connectivity index (χ0n) is 16.9. The van der Waals surface area contributed by atoms with E-state index in [2.05, 4.69) is 20.8 Å². The first-order chi connectivity index (χ1) is 13.4. The first-order valence-corrected chi connectivity index (χ1v) is 10.1. The Hall–Kier alpha value is -2.55. The topological polar surface area (TPSA) is 98.1 Å². The number of likely N-dealkylation sites (N-methyl/N-ethyl adjacent to an activating group) is 1. The van der Waals surface area contributed by atoms with Gasteiger partial charge in [-0.2, -0.15) is 0 Å². The molecule has 0 fully saturated rings. The lowest BCUT2D eigenvalue weighted by Gasteiger charge is -2.15. The number of hydrogen-bond acceptors (Lipinski definition) is 6. The largest absolute Gasteiger partial charge is 0.497 e. The van der Waals surface area contributed by atoms with E-state index < -0.39 is 6.04 Å². The van der Waals surface area contributed by atoms with Gasteiger partial charge in [-0.3, -0.25) is 14.2 Å². The van der Waals surface area contributed by atoms with E-state index >= 15 is 0 Å². The summed E-state index contributed by atoms with van der Waals surface area (Å²) in [6, 6.07) is 7.14. The summed E-state index contributed by atoms with van der Waals surface area (Å²) < 4.78 is 7.19. The molecule has 0 radical (unpaired) electrons. The molecule has 0 saturated carbocycles. The van der Waals surface area contributed by atoms with Crippen molar-refractivity contribution in [3.05, 3.63) is 24.3 Å². The van der Waals surface area contributed by atoms with Gasteiger partial charge in [0.25, 0.3) is 0 Å². The van der Waals surface area contributed by atoms with Crippen molar-refractivity contribution in [2.45, 2.75) is 44.9 Å². The molecule has 2 amide bonds. The maximum atomic E-state index is 12.2. The summed E-state index contributed by atoms with van der Waals surface area (Å²) in [6.45, 7) is 8.10. The molecule has 2 rings (SSSR count). The Morgan fingerprint density at radius 1 is 1.18 bits per heavy atom. The molecule has 8 nitrogen and oxygen atoms in total. The minimum Gasteiger partial charge on any atom is -0.497 e. The number of methoxy groups -OCH3 is 1. The van der Waals surface area contributed by atoms with Crippen molar-refractivity contribution < 1.29 is 14.3 Å². The van der Waals surface area contributed by atoms with Crippen LogP contribution in [0.5, 0.6) is 5.75 Å². The molecule has 0 aliphatic rings. The van der Waals surface area contributed by atoms with Crippen LogP contribution >= 0.6 is 11.8 Å². The number of rotatable bonds is 9. The van der Waals surface area contributed by atoms with Crippen LogP contribution in [0.25, 0.3) is 11.4 Å². The lowest BCUT2D eigenvalue weighted by Crippen LogP contribution is -2.45. The second-order valence-electron chi connectivity index (χ2n) is 6.47. The summed E-state index contributed by atoms with van der Waals surface area (Å²) in [7, 11) is 1.62. The molecule has 0 unspecified atom stereocenters. The number of benzene rings is 1. The molecule has 1 aromatic carbocycles. The maximum absolute atomic E-state index is 12.2. The number of amides is 2. The van der Waals surface area contributed by atoms with Gasteiger partial charge in [0.1, 0.15) is 11.8 Å². The Balaban J connectivity index is 2.08. The lowest BCUT2D eigenvalue weighted by molar-refractivity contribution is -0.127. The molecule has 0 bridgehead atoms. The van der Waals surface area contributed by atoms with E-state index in [0.717, 1.165) is 17.1 Å². The molecule has 28 heavy (non-hydrogen) atoms. The number of nitrogens with one attached hydrogen (secondary N) is 2. The molecule has 0 aliphatic heterocycles. The van der Waals surface area contributed by atoms with E-state index in [9.17, 15) is 9.59 Å². The van der Waals surface area contributed by atoms with Crippen LogP contribution in [-0.2, 0) is 9.59 Å². The number of nitrogens with zero attached hydrogens (tertiary/aromatic N) is 3. The molecule has 2 N–H and O–H groups in total. The molecular weight excluding hydrogens is 378 g/mol. The monoisotopic (exact) mass is 405 g/mol. The van der Waals surface area contributed by atoms with Crippen molar-refractivity contribution in [2.75, 3.05) is 19.4 Å². The molecule has 0 spiro atoms. The molecule has 152 valence electrons. The third kappa shape index (κ3) is 5.48. The van der Waals surface area contributed by atoms with Gasteiger partial charge >= 0.3 is 0 Å². The minimum atomic E-state index is -0.578. The molecule has 9 heteroatoms. The summed E-state index contributed by atoms with van der Waals surface area (Å²) in [5.74, 6) is 1.22. The van der Waals surface area contributed by atoms with E-state index in [1.165, 1.54) is 11.8 Å².